The fourth-order valence-corrected chi connectivity index (χ4v) is 4.43. The van der Waals surface area contributed by atoms with Crippen molar-refractivity contribution in [3.8, 4) is 11.5 Å². The number of rotatable bonds is 3. The number of carbonyl (C=O) groups excluding carboxylic acids is 1. The molecule has 4 nitrogen and oxygen atoms in total. The van der Waals surface area contributed by atoms with E-state index in [9.17, 15) is 9.90 Å². The molecule has 1 N–H and O–H groups in total. The maximum Gasteiger partial charge on any atom is 0.238 e. The first kappa shape index (κ1) is 15.8. The molecule has 1 saturated heterocycles. The van der Waals surface area contributed by atoms with Gasteiger partial charge in [-0.3, -0.25) is 9.69 Å². The Labute approximate surface area is 150 Å². The van der Waals surface area contributed by atoms with Crippen LogP contribution in [0.4, 0.5) is 5.69 Å². The van der Waals surface area contributed by atoms with E-state index in [1.54, 1.807) is 11.0 Å². The molecule has 1 unspecified atom stereocenters. The molecule has 0 radical (unpaired) electrons. The lowest BCUT2D eigenvalue weighted by Crippen LogP contribution is -2.28. The van der Waals surface area contributed by atoms with E-state index < -0.39 is 0 Å². The predicted molar refractivity (Wildman–Crippen MR) is 101 cm³/mol. The van der Waals surface area contributed by atoms with Gasteiger partial charge >= 0.3 is 0 Å². The zero-order valence-electron chi connectivity index (χ0n) is 13.7. The molecule has 1 aliphatic heterocycles. The van der Waals surface area contributed by atoms with Gasteiger partial charge in [0, 0.05) is 10.9 Å². The normalized spacial score (nSPS) is 17.2. The number of hydrogen-bond donors (Lipinski definition) is 1. The highest BCUT2D eigenvalue weighted by Gasteiger charge is 2.36. The van der Waals surface area contributed by atoms with Gasteiger partial charge in [-0.1, -0.05) is 48.5 Å². The van der Waals surface area contributed by atoms with Crippen molar-refractivity contribution < 1.29 is 14.6 Å². The zero-order valence-corrected chi connectivity index (χ0v) is 14.5. The number of para-hydroxylation sites is 1. The van der Waals surface area contributed by atoms with Gasteiger partial charge in [0.2, 0.25) is 5.91 Å². The lowest BCUT2D eigenvalue weighted by atomic mass is 10.1. The molecule has 1 atom stereocenters. The van der Waals surface area contributed by atoms with Gasteiger partial charge in [0.25, 0.3) is 0 Å². The first-order valence-corrected chi connectivity index (χ1v) is 9.03. The third kappa shape index (κ3) is 2.61. The number of thioether (sulfide) groups is 1. The van der Waals surface area contributed by atoms with Crippen LogP contribution in [0.2, 0.25) is 0 Å². The van der Waals surface area contributed by atoms with Gasteiger partial charge in [0.05, 0.1) is 18.6 Å². The standard InChI is InChI=1S/C20H17NO3S/c1-24-17-11-5-9-15(19(17)23)20-21(18(22)12-25-20)16-10-4-7-13-6-2-3-8-14(13)16/h2-11,20,23H,12H2,1H3. The average Bonchev–Trinajstić information content (AvgIpc) is 3.02. The van der Waals surface area contributed by atoms with E-state index in [-0.39, 0.29) is 17.0 Å². The molecule has 0 saturated carbocycles. The summed E-state index contributed by atoms with van der Waals surface area (Å²) in [5, 5.41) is 12.4. The number of aromatic hydroxyl groups is 1. The van der Waals surface area contributed by atoms with Crippen LogP contribution < -0.4 is 9.64 Å². The summed E-state index contributed by atoms with van der Waals surface area (Å²) in [4.78, 5) is 14.4. The monoisotopic (exact) mass is 351 g/mol. The zero-order chi connectivity index (χ0) is 17.4. The van der Waals surface area contributed by atoms with Crippen LogP contribution in [-0.4, -0.2) is 23.9 Å². The maximum atomic E-state index is 12.7. The van der Waals surface area contributed by atoms with Crippen molar-refractivity contribution in [1.29, 1.82) is 0 Å². The molecule has 25 heavy (non-hydrogen) atoms. The summed E-state index contributed by atoms with van der Waals surface area (Å²) in [6.45, 7) is 0. The van der Waals surface area contributed by atoms with Crippen LogP contribution in [0.1, 0.15) is 10.9 Å². The highest BCUT2D eigenvalue weighted by atomic mass is 32.2. The summed E-state index contributed by atoms with van der Waals surface area (Å²) in [5.74, 6) is 0.913. The number of hydrogen-bond acceptors (Lipinski definition) is 4. The van der Waals surface area contributed by atoms with Gasteiger partial charge in [-0.05, 0) is 17.5 Å². The molecule has 3 aromatic carbocycles. The molecule has 4 rings (SSSR count). The molecule has 1 fully saturated rings. The van der Waals surface area contributed by atoms with Crippen molar-refractivity contribution in [3.63, 3.8) is 0 Å². The minimum Gasteiger partial charge on any atom is -0.504 e. The Kier molecular flexibility index (Phi) is 4.01. The number of nitrogens with zero attached hydrogens (tertiary/aromatic N) is 1. The summed E-state index contributed by atoms with van der Waals surface area (Å²) >= 11 is 1.51. The van der Waals surface area contributed by atoms with Gasteiger partial charge in [0.1, 0.15) is 5.37 Å². The smallest absolute Gasteiger partial charge is 0.238 e. The quantitative estimate of drug-likeness (QED) is 0.763. The third-order valence-corrected chi connectivity index (χ3v) is 5.60. The van der Waals surface area contributed by atoms with E-state index >= 15 is 0 Å². The van der Waals surface area contributed by atoms with Gasteiger partial charge in [0.15, 0.2) is 11.5 Å². The SMILES string of the molecule is COc1cccc(C2SCC(=O)N2c2cccc3ccccc23)c1O. The van der Waals surface area contributed by atoms with Crippen LogP contribution in [0.15, 0.2) is 60.7 Å². The summed E-state index contributed by atoms with van der Waals surface area (Å²) in [7, 11) is 1.52. The number of ether oxygens (including phenoxy) is 1. The van der Waals surface area contributed by atoms with Crippen LogP contribution in [0.3, 0.4) is 0 Å². The minimum atomic E-state index is -0.284. The number of carbonyl (C=O) groups is 1. The summed E-state index contributed by atoms with van der Waals surface area (Å²) in [5.41, 5.74) is 1.54. The minimum absolute atomic E-state index is 0.0357. The van der Waals surface area contributed by atoms with Crippen LogP contribution in [-0.2, 0) is 4.79 Å². The molecule has 126 valence electrons. The van der Waals surface area contributed by atoms with Crippen LogP contribution in [0, 0.1) is 0 Å². The summed E-state index contributed by atoms with van der Waals surface area (Å²) < 4.78 is 5.22. The molecule has 0 bridgehead atoms. The molecular weight excluding hydrogens is 334 g/mol. The predicted octanol–water partition coefficient (Wildman–Crippen LogP) is 4.33. The largest absolute Gasteiger partial charge is 0.504 e. The average molecular weight is 351 g/mol. The first-order chi connectivity index (χ1) is 12.2. The number of methoxy groups -OCH3 is 1. The van der Waals surface area contributed by atoms with Crippen LogP contribution in [0.25, 0.3) is 10.8 Å². The topological polar surface area (TPSA) is 49.8 Å². The van der Waals surface area contributed by atoms with Gasteiger partial charge < -0.3 is 9.84 Å². The molecular formula is C20H17NO3S. The Balaban J connectivity index is 1.86. The van der Waals surface area contributed by atoms with Gasteiger partial charge in [-0.2, -0.15) is 0 Å². The molecule has 3 aromatic rings. The molecule has 0 spiro atoms. The number of phenols is 1. The number of amides is 1. The lowest BCUT2D eigenvalue weighted by molar-refractivity contribution is -0.115. The Morgan fingerprint density at radius 1 is 1.08 bits per heavy atom. The van der Waals surface area contributed by atoms with Crippen molar-refractivity contribution in [2.24, 2.45) is 0 Å². The Hall–Kier alpha value is -2.66. The molecule has 1 heterocycles. The maximum absolute atomic E-state index is 12.7. The molecule has 0 aliphatic carbocycles. The van der Waals surface area contributed by atoms with Crippen molar-refractivity contribution in [2.75, 3.05) is 17.8 Å². The van der Waals surface area contributed by atoms with Gasteiger partial charge in [-0.15, -0.1) is 11.8 Å². The lowest BCUT2D eigenvalue weighted by Gasteiger charge is -2.26. The van der Waals surface area contributed by atoms with Crippen molar-refractivity contribution in [1.82, 2.24) is 0 Å². The van der Waals surface area contributed by atoms with Crippen LogP contribution in [0.5, 0.6) is 11.5 Å². The molecule has 1 aliphatic rings. The second-order valence-electron chi connectivity index (χ2n) is 5.82. The molecule has 1 amide bonds. The van der Waals surface area contributed by atoms with E-state index in [4.69, 9.17) is 4.74 Å². The van der Waals surface area contributed by atoms with Crippen molar-refractivity contribution in [2.45, 2.75) is 5.37 Å². The number of anilines is 1. The number of phenolic OH excluding ortho intramolecular Hbond substituents is 1. The van der Waals surface area contributed by atoms with E-state index in [1.165, 1.54) is 18.9 Å². The fourth-order valence-electron chi connectivity index (χ4n) is 3.24. The van der Waals surface area contributed by atoms with E-state index in [0.717, 1.165) is 16.5 Å². The summed E-state index contributed by atoms with van der Waals surface area (Å²) in [6, 6.07) is 19.3. The fraction of sp³-hybridized carbons (Fsp3) is 0.150. The second-order valence-corrected chi connectivity index (χ2v) is 6.89. The first-order valence-electron chi connectivity index (χ1n) is 7.98. The number of fused-ring (bicyclic) bond motifs is 1. The third-order valence-electron chi connectivity index (χ3n) is 4.41. The number of benzene rings is 3. The van der Waals surface area contributed by atoms with Crippen molar-refractivity contribution in [3.05, 3.63) is 66.2 Å². The van der Waals surface area contributed by atoms with Crippen molar-refractivity contribution >= 4 is 34.1 Å². The van der Waals surface area contributed by atoms with Gasteiger partial charge in [-0.25, -0.2) is 0 Å². The molecule has 5 heteroatoms. The van der Waals surface area contributed by atoms with E-state index in [0.29, 0.717) is 17.1 Å². The van der Waals surface area contributed by atoms with E-state index in [1.807, 2.05) is 54.6 Å². The van der Waals surface area contributed by atoms with Crippen LogP contribution >= 0.6 is 11.8 Å². The highest BCUT2D eigenvalue weighted by Crippen LogP contribution is 2.48. The molecule has 0 aromatic heterocycles. The highest BCUT2D eigenvalue weighted by molar-refractivity contribution is 8.00. The van der Waals surface area contributed by atoms with E-state index in [2.05, 4.69) is 0 Å². The summed E-state index contributed by atoms with van der Waals surface area (Å²) in [6.07, 6.45) is 0. The Morgan fingerprint density at radius 3 is 2.68 bits per heavy atom. The Bertz CT molecular complexity index is 951. The Morgan fingerprint density at radius 2 is 1.84 bits per heavy atom. The second kappa shape index (κ2) is 6.33.